The first-order chi connectivity index (χ1) is 7.33. The predicted octanol–water partition coefficient (Wildman–Crippen LogP) is 2.14. The van der Waals surface area contributed by atoms with E-state index >= 15 is 0 Å². The molecule has 1 unspecified atom stereocenters. The number of rotatable bonds is 7. The summed E-state index contributed by atoms with van der Waals surface area (Å²) in [4.78, 5) is 5.73. The van der Waals surface area contributed by atoms with Crippen molar-refractivity contribution < 1.29 is 0 Å². The summed E-state index contributed by atoms with van der Waals surface area (Å²) >= 11 is 0. The minimum Gasteiger partial charge on any atom is -0.364 e. The maximum absolute atomic E-state index is 5.86. The molecule has 0 saturated carbocycles. The molecule has 15 heavy (non-hydrogen) atoms. The molecule has 0 aliphatic heterocycles. The number of aromatic nitrogens is 1. The minimum atomic E-state index is 0.347. The smallest absolute Gasteiger partial charge is 0.0622 e. The largest absolute Gasteiger partial charge is 0.364 e. The van der Waals surface area contributed by atoms with Crippen LogP contribution in [0.5, 0.6) is 0 Å². The van der Waals surface area contributed by atoms with E-state index in [-0.39, 0.29) is 0 Å². The zero-order valence-corrected chi connectivity index (χ0v) is 9.87. The summed E-state index contributed by atoms with van der Waals surface area (Å²) in [5, 5.41) is 0. The van der Waals surface area contributed by atoms with E-state index in [1.54, 1.807) is 0 Å². The van der Waals surface area contributed by atoms with Crippen molar-refractivity contribution in [3.8, 4) is 0 Å². The molecule has 3 nitrogen and oxygen atoms in total. The molecule has 3 N–H and O–H groups in total. The molecule has 0 spiro atoms. The maximum Gasteiger partial charge on any atom is 0.0622 e. The van der Waals surface area contributed by atoms with Crippen LogP contribution in [-0.4, -0.2) is 29.5 Å². The van der Waals surface area contributed by atoms with Gasteiger partial charge < -0.3 is 10.7 Å². The molecule has 0 amide bonds. The van der Waals surface area contributed by atoms with E-state index in [1.165, 1.54) is 18.5 Å². The summed E-state index contributed by atoms with van der Waals surface area (Å²) in [7, 11) is 0. The Morgan fingerprint density at radius 2 is 2.00 bits per heavy atom. The zero-order chi connectivity index (χ0) is 11.1. The molecular weight excluding hydrogens is 186 g/mol. The summed E-state index contributed by atoms with van der Waals surface area (Å²) in [6, 6.07) is 4.50. The van der Waals surface area contributed by atoms with Gasteiger partial charge in [0, 0.05) is 18.4 Å². The van der Waals surface area contributed by atoms with Crippen LogP contribution in [0, 0.1) is 0 Å². The Balaban J connectivity index is 2.69. The molecule has 0 aromatic carbocycles. The van der Waals surface area contributed by atoms with Crippen LogP contribution < -0.4 is 5.73 Å². The van der Waals surface area contributed by atoms with Gasteiger partial charge in [0.15, 0.2) is 0 Å². The van der Waals surface area contributed by atoms with Crippen molar-refractivity contribution >= 4 is 0 Å². The average molecular weight is 209 g/mol. The van der Waals surface area contributed by atoms with Crippen LogP contribution >= 0.6 is 0 Å². The van der Waals surface area contributed by atoms with Gasteiger partial charge in [0.05, 0.1) is 6.04 Å². The molecule has 0 bridgehead atoms. The van der Waals surface area contributed by atoms with Crippen LogP contribution in [0.4, 0.5) is 0 Å². The quantitative estimate of drug-likeness (QED) is 0.722. The monoisotopic (exact) mass is 209 g/mol. The van der Waals surface area contributed by atoms with Crippen molar-refractivity contribution in [2.75, 3.05) is 19.6 Å². The van der Waals surface area contributed by atoms with E-state index in [9.17, 15) is 0 Å². The summed E-state index contributed by atoms with van der Waals surface area (Å²) in [6.07, 6.45) is 4.32. The van der Waals surface area contributed by atoms with Gasteiger partial charge in [0.1, 0.15) is 0 Å². The first-order valence-corrected chi connectivity index (χ1v) is 5.90. The number of nitrogens with one attached hydrogen (secondary N) is 1. The third-order valence-corrected chi connectivity index (χ3v) is 2.67. The highest BCUT2D eigenvalue weighted by atomic mass is 15.2. The lowest BCUT2D eigenvalue weighted by Gasteiger charge is -2.29. The van der Waals surface area contributed by atoms with Gasteiger partial charge in [-0.3, -0.25) is 4.90 Å². The molecule has 86 valence electrons. The average Bonchev–Trinajstić information content (AvgIpc) is 2.73. The number of nitrogens with zero attached hydrogens (tertiary/aromatic N) is 1. The van der Waals surface area contributed by atoms with Crippen molar-refractivity contribution in [2.24, 2.45) is 5.73 Å². The third kappa shape index (κ3) is 3.36. The molecule has 0 fully saturated rings. The van der Waals surface area contributed by atoms with Gasteiger partial charge >= 0.3 is 0 Å². The molecule has 0 aliphatic carbocycles. The molecule has 1 aromatic heterocycles. The fourth-order valence-electron chi connectivity index (χ4n) is 2.02. The molecule has 0 aliphatic rings. The molecule has 1 heterocycles. The van der Waals surface area contributed by atoms with Crippen LogP contribution in [0.3, 0.4) is 0 Å². The SMILES string of the molecule is CCCN(CCC)C(CN)c1ccc[nH]1. The Morgan fingerprint density at radius 3 is 2.40 bits per heavy atom. The number of aromatic amines is 1. The Bertz CT molecular complexity index is 237. The van der Waals surface area contributed by atoms with Crippen molar-refractivity contribution in [3.05, 3.63) is 24.0 Å². The topological polar surface area (TPSA) is 45.0 Å². The standard InChI is InChI=1S/C12H23N3/c1-3-8-15(9-4-2)12(10-13)11-6-5-7-14-11/h5-7,12,14H,3-4,8-10,13H2,1-2H3. The Labute approximate surface area is 92.7 Å². The Morgan fingerprint density at radius 1 is 1.33 bits per heavy atom. The second kappa shape index (κ2) is 6.64. The van der Waals surface area contributed by atoms with Crippen LogP contribution in [0.15, 0.2) is 18.3 Å². The molecule has 1 aromatic rings. The summed E-state index contributed by atoms with van der Waals surface area (Å²) < 4.78 is 0. The van der Waals surface area contributed by atoms with Gasteiger partial charge in [0.25, 0.3) is 0 Å². The van der Waals surface area contributed by atoms with Gasteiger partial charge in [0.2, 0.25) is 0 Å². The van der Waals surface area contributed by atoms with Crippen LogP contribution in [0.2, 0.25) is 0 Å². The first kappa shape index (κ1) is 12.3. The number of H-pyrrole nitrogens is 1. The minimum absolute atomic E-state index is 0.347. The van der Waals surface area contributed by atoms with Crippen molar-refractivity contribution in [1.29, 1.82) is 0 Å². The number of hydrogen-bond acceptors (Lipinski definition) is 2. The lowest BCUT2D eigenvalue weighted by molar-refractivity contribution is 0.199. The van der Waals surface area contributed by atoms with Gasteiger partial charge in [-0.2, -0.15) is 0 Å². The fraction of sp³-hybridized carbons (Fsp3) is 0.667. The van der Waals surface area contributed by atoms with Gasteiger partial charge in [-0.25, -0.2) is 0 Å². The molecule has 3 heteroatoms. The lowest BCUT2D eigenvalue weighted by atomic mass is 10.1. The van der Waals surface area contributed by atoms with E-state index in [1.807, 2.05) is 12.3 Å². The highest BCUT2D eigenvalue weighted by Gasteiger charge is 2.17. The maximum atomic E-state index is 5.86. The highest BCUT2D eigenvalue weighted by Crippen LogP contribution is 2.18. The lowest BCUT2D eigenvalue weighted by Crippen LogP contribution is -2.35. The second-order valence-corrected chi connectivity index (χ2v) is 3.91. The molecule has 1 atom stereocenters. The number of hydrogen-bond donors (Lipinski definition) is 2. The van der Waals surface area contributed by atoms with Crippen LogP contribution in [0.1, 0.15) is 38.4 Å². The first-order valence-electron chi connectivity index (χ1n) is 5.90. The van der Waals surface area contributed by atoms with Crippen molar-refractivity contribution in [3.63, 3.8) is 0 Å². The fourth-order valence-corrected chi connectivity index (χ4v) is 2.02. The zero-order valence-electron chi connectivity index (χ0n) is 9.87. The van der Waals surface area contributed by atoms with E-state index < -0.39 is 0 Å². The predicted molar refractivity (Wildman–Crippen MR) is 64.7 cm³/mol. The van der Waals surface area contributed by atoms with Gasteiger partial charge in [-0.15, -0.1) is 0 Å². The molecule has 0 radical (unpaired) electrons. The van der Waals surface area contributed by atoms with Gasteiger partial charge in [-0.05, 0) is 38.1 Å². The van der Waals surface area contributed by atoms with E-state index in [4.69, 9.17) is 5.73 Å². The number of nitrogens with two attached hydrogens (primary N) is 1. The normalized spacial score (nSPS) is 13.3. The van der Waals surface area contributed by atoms with E-state index in [2.05, 4.69) is 29.8 Å². The second-order valence-electron chi connectivity index (χ2n) is 3.91. The molecule has 0 saturated heterocycles. The summed E-state index contributed by atoms with van der Waals surface area (Å²) in [5.41, 5.74) is 7.10. The van der Waals surface area contributed by atoms with Crippen LogP contribution in [0.25, 0.3) is 0 Å². The Hall–Kier alpha value is -0.800. The third-order valence-electron chi connectivity index (χ3n) is 2.67. The summed E-state index contributed by atoms with van der Waals surface area (Å²) in [6.45, 7) is 7.35. The van der Waals surface area contributed by atoms with Crippen LogP contribution in [-0.2, 0) is 0 Å². The highest BCUT2D eigenvalue weighted by molar-refractivity contribution is 5.09. The molecule has 1 rings (SSSR count). The molecular formula is C12H23N3. The van der Waals surface area contributed by atoms with Crippen molar-refractivity contribution in [1.82, 2.24) is 9.88 Å². The van der Waals surface area contributed by atoms with E-state index in [0.717, 1.165) is 13.1 Å². The summed E-state index contributed by atoms with van der Waals surface area (Å²) in [5.74, 6) is 0. The van der Waals surface area contributed by atoms with E-state index in [0.29, 0.717) is 12.6 Å². The van der Waals surface area contributed by atoms with Crippen molar-refractivity contribution in [2.45, 2.75) is 32.7 Å². The Kier molecular flexibility index (Phi) is 5.43. The van der Waals surface area contributed by atoms with Gasteiger partial charge in [-0.1, -0.05) is 13.8 Å².